The summed E-state index contributed by atoms with van der Waals surface area (Å²) in [6.45, 7) is 5.14. The Morgan fingerprint density at radius 3 is 2.56 bits per heavy atom. The van der Waals surface area contributed by atoms with E-state index in [4.69, 9.17) is 21.4 Å². The molecule has 1 amide bonds. The second-order valence-corrected chi connectivity index (χ2v) is 4.83. The van der Waals surface area contributed by atoms with E-state index in [1.54, 1.807) is 20.8 Å². The molecule has 0 aliphatic heterocycles. The molecule has 6 nitrogen and oxygen atoms in total. The first kappa shape index (κ1) is 14.2. The highest BCUT2D eigenvalue weighted by atomic mass is 35.5. The number of carboxylic acids is 1. The van der Waals surface area contributed by atoms with Gasteiger partial charge in [0.2, 0.25) is 0 Å². The standard InChI is InChI=1S/C11H13ClN2O4/c1-11(2,3)18-10(17)14-6-4-5-13-8(7(6)12)9(15)16/h4-5H,1-3H3,(H,15,16)(H,13,14,17). The minimum Gasteiger partial charge on any atom is -0.476 e. The normalized spacial score (nSPS) is 10.9. The number of rotatable bonds is 2. The lowest BCUT2D eigenvalue weighted by Crippen LogP contribution is -2.27. The maximum Gasteiger partial charge on any atom is 0.412 e. The minimum absolute atomic E-state index is 0.137. The number of halogens is 1. The predicted octanol–water partition coefficient (Wildman–Crippen LogP) is 2.78. The molecule has 0 radical (unpaired) electrons. The van der Waals surface area contributed by atoms with Crippen LogP contribution in [0.4, 0.5) is 10.5 Å². The third-order valence-electron chi connectivity index (χ3n) is 1.73. The molecular formula is C11H13ClN2O4. The molecule has 0 spiro atoms. The fraction of sp³-hybridized carbons (Fsp3) is 0.364. The van der Waals surface area contributed by atoms with Crippen molar-refractivity contribution in [2.45, 2.75) is 26.4 Å². The molecule has 2 N–H and O–H groups in total. The van der Waals surface area contributed by atoms with E-state index < -0.39 is 17.7 Å². The maximum atomic E-state index is 11.5. The largest absolute Gasteiger partial charge is 0.476 e. The van der Waals surface area contributed by atoms with Crippen molar-refractivity contribution in [3.05, 3.63) is 23.0 Å². The van der Waals surface area contributed by atoms with Gasteiger partial charge in [-0.2, -0.15) is 0 Å². The van der Waals surface area contributed by atoms with E-state index in [-0.39, 0.29) is 16.4 Å². The number of anilines is 1. The summed E-state index contributed by atoms with van der Waals surface area (Å²) in [5.41, 5.74) is -0.845. The Hall–Kier alpha value is -1.82. The summed E-state index contributed by atoms with van der Waals surface area (Å²) in [7, 11) is 0. The van der Waals surface area contributed by atoms with Crippen molar-refractivity contribution in [1.29, 1.82) is 0 Å². The number of carbonyl (C=O) groups excluding carboxylic acids is 1. The number of carboxylic acid groups (broad SMARTS) is 1. The molecule has 0 fully saturated rings. The summed E-state index contributed by atoms with van der Waals surface area (Å²) in [6.07, 6.45) is 0.522. The van der Waals surface area contributed by atoms with Crippen LogP contribution in [0.3, 0.4) is 0 Å². The molecule has 0 bridgehead atoms. The molecule has 1 aromatic heterocycles. The fourth-order valence-corrected chi connectivity index (χ4v) is 1.34. The summed E-state index contributed by atoms with van der Waals surface area (Å²) < 4.78 is 5.02. The van der Waals surface area contributed by atoms with Crippen molar-refractivity contribution in [1.82, 2.24) is 4.98 Å². The van der Waals surface area contributed by atoms with Gasteiger partial charge >= 0.3 is 12.1 Å². The maximum absolute atomic E-state index is 11.5. The number of hydrogen-bond donors (Lipinski definition) is 2. The zero-order valence-corrected chi connectivity index (χ0v) is 10.9. The molecule has 0 atom stereocenters. The highest BCUT2D eigenvalue weighted by molar-refractivity contribution is 6.36. The summed E-state index contributed by atoms with van der Waals surface area (Å²) in [4.78, 5) is 25.9. The molecule has 0 aliphatic rings. The smallest absolute Gasteiger partial charge is 0.412 e. The Labute approximate surface area is 109 Å². The molecule has 1 rings (SSSR count). The van der Waals surface area contributed by atoms with Crippen molar-refractivity contribution in [3.63, 3.8) is 0 Å². The van der Waals surface area contributed by atoms with Gasteiger partial charge in [-0.3, -0.25) is 5.32 Å². The average Bonchev–Trinajstić information content (AvgIpc) is 2.17. The highest BCUT2D eigenvalue weighted by Crippen LogP contribution is 2.24. The lowest BCUT2D eigenvalue weighted by Gasteiger charge is -2.20. The second-order valence-electron chi connectivity index (χ2n) is 4.45. The van der Waals surface area contributed by atoms with E-state index >= 15 is 0 Å². The van der Waals surface area contributed by atoms with E-state index in [9.17, 15) is 9.59 Å². The Kier molecular flexibility index (Phi) is 4.13. The Balaban J connectivity index is 2.89. The number of aromatic nitrogens is 1. The van der Waals surface area contributed by atoms with E-state index in [2.05, 4.69) is 10.3 Å². The molecule has 1 heterocycles. The van der Waals surface area contributed by atoms with Gasteiger partial charge in [-0.1, -0.05) is 11.6 Å². The van der Waals surface area contributed by atoms with E-state index in [1.807, 2.05) is 0 Å². The van der Waals surface area contributed by atoms with Crippen LogP contribution >= 0.6 is 11.6 Å². The van der Waals surface area contributed by atoms with Crippen LogP contribution in [-0.2, 0) is 4.74 Å². The van der Waals surface area contributed by atoms with Gasteiger partial charge in [-0.15, -0.1) is 0 Å². The van der Waals surface area contributed by atoms with Crippen LogP contribution in [0.25, 0.3) is 0 Å². The predicted molar refractivity (Wildman–Crippen MR) is 66.1 cm³/mol. The molecule has 98 valence electrons. The molecular weight excluding hydrogens is 260 g/mol. The van der Waals surface area contributed by atoms with Crippen LogP contribution in [-0.4, -0.2) is 27.8 Å². The van der Waals surface area contributed by atoms with Gasteiger partial charge in [-0.05, 0) is 26.8 Å². The van der Waals surface area contributed by atoms with E-state index in [0.29, 0.717) is 0 Å². The van der Waals surface area contributed by atoms with Crippen LogP contribution in [0.5, 0.6) is 0 Å². The van der Waals surface area contributed by atoms with Gasteiger partial charge in [-0.25, -0.2) is 14.6 Å². The third-order valence-corrected chi connectivity index (χ3v) is 2.11. The number of pyridine rings is 1. The van der Waals surface area contributed by atoms with Gasteiger partial charge < -0.3 is 9.84 Å². The first-order valence-electron chi connectivity index (χ1n) is 5.08. The summed E-state index contributed by atoms with van der Waals surface area (Å²) in [5.74, 6) is -1.27. The number of nitrogens with zero attached hydrogens (tertiary/aromatic N) is 1. The van der Waals surface area contributed by atoms with Gasteiger partial charge in [0.05, 0.1) is 10.7 Å². The van der Waals surface area contributed by atoms with Gasteiger partial charge in [0.1, 0.15) is 5.60 Å². The molecule has 7 heteroatoms. The van der Waals surface area contributed by atoms with Crippen molar-refractivity contribution >= 4 is 29.4 Å². The number of nitrogens with one attached hydrogen (secondary N) is 1. The van der Waals surface area contributed by atoms with E-state index in [1.165, 1.54) is 12.3 Å². The summed E-state index contributed by atoms with van der Waals surface area (Å²) in [6, 6.07) is 1.39. The number of amides is 1. The molecule has 1 aromatic rings. The average molecular weight is 273 g/mol. The number of ether oxygens (including phenoxy) is 1. The van der Waals surface area contributed by atoms with Crippen LogP contribution < -0.4 is 5.32 Å². The van der Waals surface area contributed by atoms with E-state index in [0.717, 1.165) is 0 Å². The molecule has 0 saturated heterocycles. The zero-order valence-electron chi connectivity index (χ0n) is 10.2. The monoisotopic (exact) mass is 272 g/mol. The molecule has 18 heavy (non-hydrogen) atoms. The van der Waals surface area contributed by atoms with Crippen LogP contribution in [0.15, 0.2) is 12.3 Å². The van der Waals surface area contributed by atoms with Gasteiger partial charge in [0, 0.05) is 6.20 Å². The summed E-state index contributed by atoms with van der Waals surface area (Å²) in [5, 5.41) is 11.0. The molecule has 0 unspecified atom stereocenters. The van der Waals surface area contributed by atoms with Crippen molar-refractivity contribution in [2.24, 2.45) is 0 Å². The SMILES string of the molecule is CC(C)(C)OC(=O)Nc1ccnc(C(=O)O)c1Cl. The Morgan fingerprint density at radius 2 is 2.06 bits per heavy atom. The van der Waals surface area contributed by atoms with Crippen LogP contribution in [0.2, 0.25) is 5.02 Å². The quantitative estimate of drug-likeness (QED) is 0.864. The minimum atomic E-state index is -1.27. The molecule has 0 aliphatic carbocycles. The third kappa shape index (κ3) is 3.89. The first-order valence-corrected chi connectivity index (χ1v) is 5.46. The van der Waals surface area contributed by atoms with Crippen molar-refractivity contribution in [2.75, 3.05) is 5.32 Å². The summed E-state index contributed by atoms with van der Waals surface area (Å²) >= 11 is 5.81. The zero-order chi connectivity index (χ0) is 13.9. The highest BCUT2D eigenvalue weighted by Gasteiger charge is 2.19. The number of carbonyl (C=O) groups is 2. The lowest BCUT2D eigenvalue weighted by molar-refractivity contribution is 0.0632. The second kappa shape index (κ2) is 5.22. The lowest BCUT2D eigenvalue weighted by atomic mass is 10.2. The van der Waals surface area contributed by atoms with Gasteiger partial charge in [0.25, 0.3) is 0 Å². The van der Waals surface area contributed by atoms with Crippen LogP contribution in [0, 0.1) is 0 Å². The molecule has 0 saturated carbocycles. The fourth-order valence-electron chi connectivity index (χ4n) is 1.10. The number of aromatic carboxylic acids is 1. The number of hydrogen-bond acceptors (Lipinski definition) is 4. The van der Waals surface area contributed by atoms with Crippen molar-refractivity contribution < 1.29 is 19.4 Å². The van der Waals surface area contributed by atoms with Crippen LogP contribution in [0.1, 0.15) is 31.3 Å². The Bertz CT molecular complexity index is 482. The Morgan fingerprint density at radius 1 is 1.44 bits per heavy atom. The van der Waals surface area contributed by atoms with Crippen molar-refractivity contribution in [3.8, 4) is 0 Å². The first-order chi connectivity index (χ1) is 8.20. The molecule has 0 aromatic carbocycles. The van der Waals surface area contributed by atoms with Gasteiger partial charge in [0.15, 0.2) is 5.69 Å². The topological polar surface area (TPSA) is 88.5 Å².